The highest BCUT2D eigenvalue weighted by Crippen LogP contribution is 2.29. The van der Waals surface area contributed by atoms with E-state index >= 15 is 0 Å². The summed E-state index contributed by atoms with van der Waals surface area (Å²) in [7, 11) is 2.66. The van der Waals surface area contributed by atoms with Crippen LogP contribution in [0.25, 0.3) is 22.3 Å². The molecule has 2 heterocycles. The second-order valence-corrected chi connectivity index (χ2v) is 13.8. The molecule has 7 N–H and O–H groups in total. The number of halogens is 2. The third kappa shape index (κ3) is 13.3. The number of nitrogen functional groups attached to an aromatic ring is 1. The molecule has 2 aromatic heterocycles. The van der Waals surface area contributed by atoms with Gasteiger partial charge in [0, 0.05) is 42.6 Å². The number of ether oxygens (including phenoxy) is 4. The second-order valence-electron chi connectivity index (χ2n) is 13.8. The molecule has 2 aromatic carbocycles. The predicted octanol–water partition coefficient (Wildman–Crippen LogP) is 6.02. The predicted molar refractivity (Wildman–Crippen MR) is 208 cm³/mol. The Bertz CT molecular complexity index is 2120. The smallest absolute Gasteiger partial charge is 0.314 e. The maximum absolute atomic E-state index is 14.2. The number of carboxylic acids is 1. The maximum Gasteiger partial charge on any atom is 0.314 e. The molecular weight excluding hydrogens is 746 g/mol. The largest absolute Gasteiger partial charge is 0.481 e. The zero-order valence-corrected chi connectivity index (χ0v) is 33.2. The Kier molecular flexibility index (Phi) is 16.6. The molecule has 0 saturated heterocycles. The lowest BCUT2D eigenvalue weighted by molar-refractivity contribution is -0.153. The summed E-state index contributed by atoms with van der Waals surface area (Å²) in [6, 6.07) is 12.3. The number of aliphatic carboxylic acids is 1. The molecule has 0 aliphatic rings. The Morgan fingerprint density at radius 3 is 1.42 bits per heavy atom. The van der Waals surface area contributed by atoms with E-state index in [4.69, 9.17) is 50.9 Å². The van der Waals surface area contributed by atoms with Crippen molar-refractivity contribution in [2.45, 2.75) is 48.5 Å². The highest BCUT2D eigenvalue weighted by molar-refractivity contribution is 5.98. The van der Waals surface area contributed by atoms with E-state index in [2.05, 4.69) is 15.1 Å². The third-order valence-corrected chi connectivity index (χ3v) is 8.04. The molecule has 0 radical (unpaired) electrons. The molecular formula is C40H48F2N6O9. The van der Waals surface area contributed by atoms with E-state index in [0.717, 1.165) is 23.6 Å². The van der Waals surface area contributed by atoms with Crippen molar-refractivity contribution in [1.82, 2.24) is 9.97 Å². The fourth-order valence-corrected chi connectivity index (χ4v) is 4.85. The number of nitrogens with zero attached hydrogens (tertiary/aromatic N) is 3. The van der Waals surface area contributed by atoms with Crippen LogP contribution in [0.4, 0.5) is 8.78 Å². The fourth-order valence-electron chi connectivity index (χ4n) is 4.85. The number of aryl methyl sites for hydroxylation is 2. The number of carboxylic acid groups (broad SMARTS) is 1. The number of aromatic nitrogens is 2. The maximum atomic E-state index is 14.2. The number of amidine groups is 2. The molecule has 306 valence electrons. The fraction of sp³-hybridized carbons (Fsp3) is 0.325. The Balaban J connectivity index is 0.000000360. The van der Waals surface area contributed by atoms with Crippen LogP contribution >= 0.6 is 0 Å². The quantitative estimate of drug-likeness (QED) is 0.0363. The van der Waals surface area contributed by atoms with E-state index in [9.17, 15) is 18.4 Å². The number of carbonyl (C=O) groups excluding carboxylic acids is 2. The van der Waals surface area contributed by atoms with Gasteiger partial charge in [-0.25, -0.2) is 18.7 Å². The zero-order chi connectivity index (χ0) is 43.2. The minimum absolute atomic E-state index is 0.0110. The number of pyridine rings is 2. The first-order valence-corrected chi connectivity index (χ1v) is 17.1. The van der Waals surface area contributed by atoms with Gasteiger partial charge in [-0.15, -0.1) is 0 Å². The molecule has 0 aliphatic heterocycles. The van der Waals surface area contributed by atoms with Gasteiger partial charge in [-0.3, -0.25) is 19.8 Å². The van der Waals surface area contributed by atoms with Crippen molar-refractivity contribution >= 4 is 29.6 Å². The summed E-state index contributed by atoms with van der Waals surface area (Å²) in [5.74, 6) is -2.65. The summed E-state index contributed by atoms with van der Waals surface area (Å²) in [4.78, 5) is 40.8. The monoisotopic (exact) mass is 794 g/mol. The molecule has 0 saturated carbocycles. The summed E-state index contributed by atoms with van der Waals surface area (Å²) in [6.45, 7) is 11.9. The van der Waals surface area contributed by atoms with Crippen LogP contribution in [0.5, 0.6) is 11.8 Å². The van der Waals surface area contributed by atoms with Gasteiger partial charge in [0.2, 0.25) is 11.8 Å². The lowest BCUT2D eigenvalue weighted by Gasteiger charge is -2.21. The number of carbonyl (C=O) groups is 3. The highest BCUT2D eigenvalue weighted by Gasteiger charge is 2.31. The number of rotatable bonds is 12. The van der Waals surface area contributed by atoms with Crippen molar-refractivity contribution in [3.63, 3.8) is 0 Å². The first kappa shape index (κ1) is 46.5. The van der Waals surface area contributed by atoms with E-state index in [1.165, 1.54) is 38.5 Å². The van der Waals surface area contributed by atoms with Crippen molar-refractivity contribution in [3.8, 4) is 34.0 Å². The van der Waals surface area contributed by atoms with E-state index in [0.29, 0.717) is 28.5 Å². The van der Waals surface area contributed by atoms with Gasteiger partial charge < -0.3 is 40.7 Å². The van der Waals surface area contributed by atoms with Crippen LogP contribution in [0.1, 0.15) is 56.9 Å². The lowest BCUT2D eigenvalue weighted by atomic mass is 9.95. The first-order valence-electron chi connectivity index (χ1n) is 17.1. The number of benzene rings is 2. The minimum atomic E-state index is -0.833. The SMILES string of the molecule is CC(=O)O.COC(=O)C(C)(C)COc1cc(C)c(-c2ccc(C(=N)N)c(F)c2)cn1.COC(=O)C(C)(C)COc1cc(C)c(-c2ccc(C(N)=NO)c(F)c2)cn1. The number of oxime groups is 1. The molecule has 57 heavy (non-hydrogen) atoms. The van der Waals surface area contributed by atoms with E-state index < -0.39 is 28.4 Å². The summed E-state index contributed by atoms with van der Waals surface area (Å²) in [6.07, 6.45) is 3.14. The molecule has 4 aromatic rings. The highest BCUT2D eigenvalue weighted by atomic mass is 19.1. The van der Waals surface area contributed by atoms with Crippen molar-refractivity contribution in [3.05, 3.63) is 94.8 Å². The number of hydrogen-bond donors (Lipinski definition) is 5. The van der Waals surface area contributed by atoms with Crippen LogP contribution in [0, 0.1) is 41.7 Å². The Labute approximate surface area is 329 Å². The van der Waals surface area contributed by atoms with Crippen LogP contribution in [0.15, 0.2) is 66.1 Å². The number of esters is 2. The van der Waals surface area contributed by atoms with Crippen LogP contribution < -0.4 is 20.9 Å². The standard InChI is InChI=1S/C19H22FN3O4.C19H22FN3O3.C2H4O2/c1-11-7-16(27-10-19(2,3)18(24)26-4)22-9-14(11)12-5-6-13(15(20)8-12)17(21)23-25;1-11-7-16(26-10-19(2,3)18(24)25-4)23-9-14(11)12-5-6-13(17(21)22)15(20)8-12;1-2(3)4/h5-9,25H,10H2,1-4H3,(H2,21,23);5-9H,10H2,1-4H3,(H3,21,22);1H3,(H,3,4). The topological polar surface area (TPSA) is 243 Å². The molecule has 0 fully saturated rings. The van der Waals surface area contributed by atoms with Crippen LogP contribution in [-0.2, 0) is 23.9 Å². The molecule has 0 unspecified atom stereocenters. The summed E-state index contributed by atoms with van der Waals surface area (Å²) in [5.41, 5.74) is 13.5. The Morgan fingerprint density at radius 1 is 0.754 bits per heavy atom. The summed E-state index contributed by atoms with van der Waals surface area (Å²) in [5, 5.41) is 26.2. The Hall–Kier alpha value is -6.65. The molecule has 0 bridgehead atoms. The van der Waals surface area contributed by atoms with Gasteiger partial charge in [-0.05, 0) is 88.1 Å². The van der Waals surface area contributed by atoms with Crippen molar-refractivity contribution in [1.29, 1.82) is 5.41 Å². The Morgan fingerprint density at radius 2 is 1.12 bits per heavy atom. The zero-order valence-electron chi connectivity index (χ0n) is 33.2. The molecule has 0 aliphatic carbocycles. The number of methoxy groups -OCH3 is 2. The minimum Gasteiger partial charge on any atom is -0.481 e. The van der Waals surface area contributed by atoms with Gasteiger partial charge >= 0.3 is 11.9 Å². The number of hydrogen-bond acceptors (Lipinski definition) is 12. The molecule has 15 nitrogen and oxygen atoms in total. The van der Waals surface area contributed by atoms with Crippen LogP contribution in [0.3, 0.4) is 0 Å². The van der Waals surface area contributed by atoms with E-state index in [1.807, 2.05) is 13.8 Å². The van der Waals surface area contributed by atoms with Gasteiger partial charge in [0.05, 0.1) is 36.2 Å². The molecule has 17 heteroatoms. The van der Waals surface area contributed by atoms with Gasteiger partial charge in [0.15, 0.2) is 5.84 Å². The number of nitrogens with one attached hydrogen (secondary N) is 1. The van der Waals surface area contributed by atoms with Crippen LogP contribution in [0.2, 0.25) is 0 Å². The van der Waals surface area contributed by atoms with Crippen molar-refractivity contribution in [2.75, 3.05) is 27.4 Å². The van der Waals surface area contributed by atoms with Gasteiger partial charge in [-0.1, -0.05) is 17.3 Å². The van der Waals surface area contributed by atoms with E-state index in [1.54, 1.807) is 64.4 Å². The molecule has 0 atom stereocenters. The van der Waals surface area contributed by atoms with Gasteiger partial charge in [-0.2, -0.15) is 0 Å². The van der Waals surface area contributed by atoms with E-state index in [-0.39, 0.29) is 48.0 Å². The molecule has 0 spiro atoms. The molecule has 0 amide bonds. The first-order chi connectivity index (χ1) is 26.6. The average molecular weight is 795 g/mol. The summed E-state index contributed by atoms with van der Waals surface area (Å²) < 4.78 is 48.9. The number of nitrogens with two attached hydrogens (primary N) is 2. The lowest BCUT2D eigenvalue weighted by Crippen LogP contribution is -2.32. The molecule has 4 rings (SSSR count). The normalized spacial score (nSPS) is 11.2. The van der Waals surface area contributed by atoms with Crippen molar-refractivity contribution in [2.24, 2.45) is 27.5 Å². The third-order valence-electron chi connectivity index (χ3n) is 8.04. The van der Waals surface area contributed by atoms with Gasteiger partial charge in [0.1, 0.15) is 30.7 Å². The second kappa shape index (κ2) is 20.3. The van der Waals surface area contributed by atoms with Gasteiger partial charge in [0.25, 0.3) is 5.97 Å². The van der Waals surface area contributed by atoms with Crippen LogP contribution in [-0.4, -0.2) is 77.3 Å². The average Bonchev–Trinajstić information content (AvgIpc) is 3.15. The summed E-state index contributed by atoms with van der Waals surface area (Å²) >= 11 is 0. The van der Waals surface area contributed by atoms with Crippen molar-refractivity contribution < 1.29 is 52.4 Å².